The summed E-state index contributed by atoms with van der Waals surface area (Å²) >= 11 is 0. The van der Waals surface area contributed by atoms with Crippen molar-refractivity contribution >= 4 is 11.7 Å². The zero-order chi connectivity index (χ0) is 15.6. The predicted octanol–water partition coefficient (Wildman–Crippen LogP) is 2.16. The minimum atomic E-state index is -1.01. The number of ether oxygens (including phenoxy) is 1. The van der Waals surface area contributed by atoms with Gasteiger partial charge in [-0.25, -0.2) is 14.8 Å². The lowest BCUT2D eigenvalue weighted by Gasteiger charge is -2.37. The molecule has 0 aromatic carbocycles. The maximum absolute atomic E-state index is 11.5. The zero-order valence-corrected chi connectivity index (χ0v) is 13.0. The molecule has 1 aromatic heterocycles. The van der Waals surface area contributed by atoms with E-state index in [0.29, 0.717) is 24.0 Å². The van der Waals surface area contributed by atoms with E-state index in [0.717, 1.165) is 13.0 Å². The Kier molecular flexibility index (Phi) is 4.77. The van der Waals surface area contributed by atoms with E-state index < -0.39 is 5.97 Å². The second-order valence-corrected chi connectivity index (χ2v) is 5.91. The first-order chi connectivity index (χ1) is 9.93. The third-order valence-corrected chi connectivity index (χ3v) is 4.04. The molecule has 21 heavy (non-hydrogen) atoms. The fourth-order valence-corrected chi connectivity index (χ4v) is 2.62. The molecule has 2 rings (SSSR count). The van der Waals surface area contributed by atoms with Crippen LogP contribution in [0.25, 0.3) is 0 Å². The van der Waals surface area contributed by atoms with Crippen molar-refractivity contribution in [3.05, 3.63) is 17.7 Å². The molecule has 2 heterocycles. The standard InChI is InChI=1S/C15H23N3O3/c1-9(2)14-16-7-11(13(17-14)15(19)20)18-6-5-10(3)12(8-18)21-4/h7,9-10,12H,5-6,8H2,1-4H3,(H,19,20). The lowest BCUT2D eigenvalue weighted by atomic mass is 9.95. The van der Waals surface area contributed by atoms with Crippen molar-refractivity contribution in [2.24, 2.45) is 5.92 Å². The monoisotopic (exact) mass is 293 g/mol. The van der Waals surface area contributed by atoms with E-state index in [4.69, 9.17) is 4.74 Å². The topological polar surface area (TPSA) is 75.5 Å². The average molecular weight is 293 g/mol. The van der Waals surface area contributed by atoms with Gasteiger partial charge in [0.15, 0.2) is 5.69 Å². The Hall–Kier alpha value is -1.69. The Morgan fingerprint density at radius 1 is 1.52 bits per heavy atom. The third kappa shape index (κ3) is 3.32. The van der Waals surface area contributed by atoms with Gasteiger partial charge in [0.25, 0.3) is 0 Å². The van der Waals surface area contributed by atoms with Gasteiger partial charge in [-0.15, -0.1) is 0 Å². The summed E-state index contributed by atoms with van der Waals surface area (Å²) in [5.41, 5.74) is 0.666. The van der Waals surface area contributed by atoms with Crippen molar-refractivity contribution in [2.45, 2.75) is 39.2 Å². The number of nitrogens with zero attached hydrogens (tertiary/aromatic N) is 3. The van der Waals surface area contributed by atoms with Gasteiger partial charge in [-0.2, -0.15) is 0 Å². The summed E-state index contributed by atoms with van der Waals surface area (Å²) in [5, 5.41) is 9.43. The first-order valence-electron chi connectivity index (χ1n) is 7.32. The van der Waals surface area contributed by atoms with Crippen LogP contribution >= 0.6 is 0 Å². The summed E-state index contributed by atoms with van der Waals surface area (Å²) in [6, 6.07) is 0. The molecule has 0 aliphatic carbocycles. The molecular formula is C15H23N3O3. The molecule has 2 unspecified atom stereocenters. The van der Waals surface area contributed by atoms with E-state index in [1.165, 1.54) is 0 Å². The van der Waals surface area contributed by atoms with Gasteiger partial charge in [0.2, 0.25) is 0 Å². The molecule has 0 saturated carbocycles. The minimum Gasteiger partial charge on any atom is -0.476 e. The lowest BCUT2D eigenvalue weighted by molar-refractivity contribution is 0.0495. The summed E-state index contributed by atoms with van der Waals surface area (Å²) in [6.07, 6.45) is 2.70. The molecule has 6 heteroatoms. The smallest absolute Gasteiger partial charge is 0.356 e. The first kappa shape index (κ1) is 15.7. The van der Waals surface area contributed by atoms with Crippen LogP contribution in [0.2, 0.25) is 0 Å². The van der Waals surface area contributed by atoms with Gasteiger partial charge >= 0.3 is 5.97 Å². The van der Waals surface area contributed by atoms with Crippen LogP contribution in [-0.2, 0) is 4.74 Å². The van der Waals surface area contributed by atoms with Crippen LogP contribution in [0.1, 0.15) is 49.4 Å². The molecular weight excluding hydrogens is 270 g/mol. The maximum atomic E-state index is 11.5. The van der Waals surface area contributed by atoms with Crippen LogP contribution in [0.3, 0.4) is 0 Å². The van der Waals surface area contributed by atoms with E-state index >= 15 is 0 Å². The second kappa shape index (κ2) is 6.39. The molecule has 0 radical (unpaired) electrons. The van der Waals surface area contributed by atoms with Crippen molar-refractivity contribution in [1.82, 2.24) is 9.97 Å². The minimum absolute atomic E-state index is 0.0816. The van der Waals surface area contributed by atoms with Crippen molar-refractivity contribution in [2.75, 3.05) is 25.1 Å². The molecule has 0 bridgehead atoms. The Bertz CT molecular complexity index is 519. The maximum Gasteiger partial charge on any atom is 0.356 e. The Morgan fingerprint density at radius 2 is 2.24 bits per heavy atom. The molecule has 1 saturated heterocycles. The largest absolute Gasteiger partial charge is 0.476 e. The second-order valence-electron chi connectivity index (χ2n) is 5.91. The highest BCUT2D eigenvalue weighted by Gasteiger charge is 2.29. The van der Waals surface area contributed by atoms with Crippen LogP contribution in [0.4, 0.5) is 5.69 Å². The van der Waals surface area contributed by atoms with E-state index in [9.17, 15) is 9.90 Å². The predicted molar refractivity (Wildman–Crippen MR) is 79.9 cm³/mol. The summed E-state index contributed by atoms with van der Waals surface area (Å²) in [7, 11) is 1.70. The molecule has 1 aromatic rings. The quantitative estimate of drug-likeness (QED) is 0.917. The van der Waals surface area contributed by atoms with Crippen molar-refractivity contribution < 1.29 is 14.6 Å². The fourth-order valence-electron chi connectivity index (χ4n) is 2.62. The van der Waals surface area contributed by atoms with Crippen LogP contribution < -0.4 is 4.90 Å². The number of piperidine rings is 1. The molecule has 116 valence electrons. The number of aromatic carboxylic acids is 1. The number of hydrogen-bond acceptors (Lipinski definition) is 5. The average Bonchev–Trinajstić information content (AvgIpc) is 2.47. The zero-order valence-electron chi connectivity index (χ0n) is 13.0. The molecule has 6 nitrogen and oxygen atoms in total. The summed E-state index contributed by atoms with van der Waals surface area (Å²) < 4.78 is 5.49. The number of rotatable bonds is 4. The SMILES string of the molecule is COC1CN(c2cnc(C(C)C)nc2C(=O)O)CCC1C. The van der Waals surface area contributed by atoms with Gasteiger partial charge in [0.1, 0.15) is 5.82 Å². The normalized spacial score (nSPS) is 22.6. The van der Waals surface area contributed by atoms with Crippen LogP contribution in [0.5, 0.6) is 0 Å². The van der Waals surface area contributed by atoms with Crippen molar-refractivity contribution in [3.63, 3.8) is 0 Å². The molecule has 0 amide bonds. The highest BCUT2D eigenvalue weighted by Crippen LogP contribution is 2.27. The van der Waals surface area contributed by atoms with Gasteiger partial charge in [0, 0.05) is 26.1 Å². The summed E-state index contributed by atoms with van der Waals surface area (Å²) in [6.45, 7) is 7.52. The van der Waals surface area contributed by atoms with Crippen LogP contribution in [0, 0.1) is 5.92 Å². The van der Waals surface area contributed by atoms with E-state index in [2.05, 4.69) is 16.9 Å². The molecule has 1 aliphatic heterocycles. The highest BCUT2D eigenvalue weighted by molar-refractivity contribution is 5.92. The fraction of sp³-hybridized carbons (Fsp3) is 0.667. The highest BCUT2D eigenvalue weighted by atomic mass is 16.5. The third-order valence-electron chi connectivity index (χ3n) is 4.04. The summed E-state index contributed by atoms with van der Waals surface area (Å²) in [4.78, 5) is 22.1. The van der Waals surface area contributed by atoms with Gasteiger partial charge in [-0.1, -0.05) is 20.8 Å². The lowest BCUT2D eigenvalue weighted by Crippen LogP contribution is -2.44. The number of aromatic nitrogens is 2. The number of hydrogen-bond donors (Lipinski definition) is 1. The van der Waals surface area contributed by atoms with Crippen molar-refractivity contribution in [1.29, 1.82) is 0 Å². The van der Waals surface area contributed by atoms with E-state index in [1.54, 1.807) is 13.3 Å². The Labute approximate surface area is 125 Å². The molecule has 2 atom stereocenters. The number of carbonyl (C=O) groups is 1. The van der Waals surface area contributed by atoms with E-state index in [1.807, 2.05) is 18.7 Å². The first-order valence-corrected chi connectivity index (χ1v) is 7.32. The molecule has 1 fully saturated rings. The van der Waals surface area contributed by atoms with Crippen molar-refractivity contribution in [3.8, 4) is 0 Å². The molecule has 1 aliphatic rings. The number of anilines is 1. The number of carboxylic acids is 1. The number of methoxy groups -OCH3 is 1. The molecule has 1 N–H and O–H groups in total. The van der Waals surface area contributed by atoms with Gasteiger partial charge < -0.3 is 14.7 Å². The van der Waals surface area contributed by atoms with Gasteiger partial charge in [-0.3, -0.25) is 0 Å². The number of carboxylic acid groups (broad SMARTS) is 1. The van der Waals surface area contributed by atoms with Gasteiger partial charge in [0.05, 0.1) is 18.0 Å². The Morgan fingerprint density at radius 3 is 2.81 bits per heavy atom. The van der Waals surface area contributed by atoms with Crippen LogP contribution in [0.15, 0.2) is 6.20 Å². The van der Waals surface area contributed by atoms with E-state index in [-0.39, 0.29) is 17.7 Å². The molecule has 0 spiro atoms. The van der Waals surface area contributed by atoms with Crippen LogP contribution in [-0.4, -0.2) is 47.3 Å². The van der Waals surface area contributed by atoms with Gasteiger partial charge in [-0.05, 0) is 12.3 Å². The summed E-state index contributed by atoms with van der Waals surface area (Å²) in [5.74, 6) is 0.118. The Balaban J connectivity index is 2.32.